The predicted molar refractivity (Wildman–Crippen MR) is 95.6 cm³/mol. The molecule has 1 aliphatic heterocycles. The lowest BCUT2D eigenvalue weighted by Crippen LogP contribution is -2.47. The number of methoxy groups -OCH3 is 2. The van der Waals surface area contributed by atoms with E-state index in [1.165, 1.54) is 16.7 Å². The highest BCUT2D eigenvalue weighted by Crippen LogP contribution is 2.54. The van der Waals surface area contributed by atoms with Crippen LogP contribution in [0.4, 0.5) is 0 Å². The number of fused-ring (bicyclic) bond motifs is 1. The normalized spacial score (nSPS) is 28.1. The van der Waals surface area contributed by atoms with E-state index in [9.17, 15) is 0 Å². The molecule has 1 aromatic carbocycles. The highest BCUT2D eigenvalue weighted by Gasteiger charge is 2.49. The van der Waals surface area contributed by atoms with E-state index in [4.69, 9.17) is 9.47 Å². The third kappa shape index (κ3) is 3.02. The Bertz CT molecular complexity index is 737. The summed E-state index contributed by atoms with van der Waals surface area (Å²) in [5.74, 6) is 0.907. The molecule has 0 bridgehead atoms. The zero-order valence-corrected chi connectivity index (χ0v) is 14.9. The summed E-state index contributed by atoms with van der Waals surface area (Å²) in [5.41, 5.74) is 4.04. The second-order valence-electron chi connectivity index (χ2n) is 7.28. The Hall–Kier alpha value is -1.98. The Morgan fingerprint density at radius 2 is 2.08 bits per heavy atom. The Balaban J connectivity index is 1.58. The fourth-order valence-corrected chi connectivity index (χ4v) is 4.74. The van der Waals surface area contributed by atoms with Crippen LogP contribution in [-0.2, 0) is 17.6 Å². The molecule has 0 saturated carbocycles. The van der Waals surface area contributed by atoms with Crippen molar-refractivity contribution in [2.24, 2.45) is 5.41 Å². The van der Waals surface area contributed by atoms with E-state index in [0.29, 0.717) is 6.04 Å². The second kappa shape index (κ2) is 6.73. The van der Waals surface area contributed by atoms with Gasteiger partial charge in [-0.25, -0.2) is 9.97 Å². The van der Waals surface area contributed by atoms with Gasteiger partial charge in [0.05, 0.1) is 13.2 Å². The summed E-state index contributed by atoms with van der Waals surface area (Å²) in [7, 11) is 3.56. The molecular weight excluding hydrogens is 314 g/mol. The number of hydrogen-bond acceptors (Lipinski definition) is 5. The molecule has 4 rings (SSSR count). The van der Waals surface area contributed by atoms with E-state index in [1.807, 2.05) is 19.5 Å². The number of aromatic nitrogens is 2. The summed E-state index contributed by atoms with van der Waals surface area (Å²) in [6.07, 6.45) is 9.81. The van der Waals surface area contributed by atoms with Crippen molar-refractivity contribution in [2.45, 2.75) is 37.8 Å². The maximum atomic E-state index is 6.02. The Labute approximate surface area is 148 Å². The Morgan fingerprint density at radius 1 is 1.24 bits per heavy atom. The van der Waals surface area contributed by atoms with Gasteiger partial charge in [0.2, 0.25) is 0 Å². The van der Waals surface area contributed by atoms with Gasteiger partial charge in [-0.15, -0.1) is 0 Å². The lowest BCUT2D eigenvalue weighted by atomic mass is 9.71. The van der Waals surface area contributed by atoms with Gasteiger partial charge >= 0.3 is 0 Å². The zero-order valence-electron chi connectivity index (χ0n) is 14.9. The summed E-state index contributed by atoms with van der Waals surface area (Å²) in [6, 6.07) is 6.84. The molecule has 2 aromatic rings. The Kier molecular flexibility index (Phi) is 4.44. The average molecular weight is 339 g/mol. The molecule has 1 fully saturated rings. The monoisotopic (exact) mass is 339 g/mol. The second-order valence-corrected chi connectivity index (χ2v) is 7.28. The van der Waals surface area contributed by atoms with Gasteiger partial charge in [0, 0.05) is 31.0 Å². The van der Waals surface area contributed by atoms with Crippen LogP contribution in [0.5, 0.6) is 5.75 Å². The molecule has 2 heterocycles. The van der Waals surface area contributed by atoms with Crippen LogP contribution in [0.1, 0.15) is 35.6 Å². The molecule has 1 spiro atoms. The first-order valence-electron chi connectivity index (χ1n) is 8.91. The van der Waals surface area contributed by atoms with Gasteiger partial charge in [-0.1, -0.05) is 6.07 Å². The summed E-state index contributed by atoms with van der Waals surface area (Å²) in [4.78, 5) is 8.29. The minimum absolute atomic E-state index is 0.134. The summed E-state index contributed by atoms with van der Waals surface area (Å²) >= 11 is 0. The topological polar surface area (TPSA) is 56.3 Å². The van der Waals surface area contributed by atoms with Crippen LogP contribution in [0.2, 0.25) is 0 Å². The maximum absolute atomic E-state index is 6.02. The maximum Gasteiger partial charge on any atom is 0.119 e. The lowest BCUT2D eigenvalue weighted by Gasteiger charge is -2.42. The van der Waals surface area contributed by atoms with Gasteiger partial charge in [-0.05, 0) is 61.1 Å². The van der Waals surface area contributed by atoms with Crippen LogP contribution in [0, 0.1) is 5.41 Å². The number of nitrogens with zero attached hydrogens (tertiary/aromatic N) is 2. The number of rotatable bonds is 4. The van der Waals surface area contributed by atoms with E-state index in [0.717, 1.165) is 38.0 Å². The smallest absolute Gasteiger partial charge is 0.119 e. The predicted octanol–water partition coefficient (Wildman–Crippen LogP) is 2.71. The van der Waals surface area contributed by atoms with Gasteiger partial charge < -0.3 is 14.8 Å². The van der Waals surface area contributed by atoms with Crippen molar-refractivity contribution in [3.63, 3.8) is 0 Å². The van der Waals surface area contributed by atoms with Crippen molar-refractivity contribution in [1.82, 2.24) is 15.3 Å². The van der Waals surface area contributed by atoms with Crippen molar-refractivity contribution in [2.75, 3.05) is 20.8 Å². The van der Waals surface area contributed by atoms with Gasteiger partial charge in [-0.2, -0.15) is 0 Å². The average Bonchev–Trinajstić information content (AvgIpc) is 2.93. The quantitative estimate of drug-likeness (QED) is 0.928. The van der Waals surface area contributed by atoms with Crippen LogP contribution in [-0.4, -0.2) is 36.8 Å². The number of nitrogens with one attached hydrogen (secondary N) is 1. The summed E-state index contributed by atoms with van der Waals surface area (Å²) in [6.45, 7) is 1.02. The molecule has 25 heavy (non-hydrogen) atoms. The molecule has 0 amide bonds. The van der Waals surface area contributed by atoms with E-state index in [2.05, 4.69) is 33.5 Å². The highest BCUT2D eigenvalue weighted by atomic mass is 16.5. The molecule has 5 heteroatoms. The van der Waals surface area contributed by atoms with Crippen molar-refractivity contribution in [1.29, 1.82) is 0 Å². The number of benzene rings is 1. The molecular formula is C20H25N3O2. The third-order valence-electron chi connectivity index (χ3n) is 5.77. The molecule has 1 unspecified atom stereocenters. The fraction of sp³-hybridized carbons (Fsp3) is 0.500. The van der Waals surface area contributed by atoms with Crippen molar-refractivity contribution >= 4 is 0 Å². The first kappa shape index (κ1) is 16.5. The fourth-order valence-electron chi connectivity index (χ4n) is 4.74. The van der Waals surface area contributed by atoms with Crippen molar-refractivity contribution < 1.29 is 9.47 Å². The number of ether oxygens (including phenoxy) is 2. The number of hydrogen-bond donors (Lipinski definition) is 1. The van der Waals surface area contributed by atoms with Crippen LogP contribution < -0.4 is 10.1 Å². The number of piperidine rings is 1. The molecule has 1 aromatic heterocycles. The van der Waals surface area contributed by atoms with E-state index in [-0.39, 0.29) is 11.5 Å². The first-order chi connectivity index (χ1) is 12.2. The minimum Gasteiger partial charge on any atom is -0.497 e. The third-order valence-corrected chi connectivity index (χ3v) is 5.77. The summed E-state index contributed by atoms with van der Waals surface area (Å²) < 4.78 is 11.4. The van der Waals surface area contributed by atoms with Gasteiger partial charge in [0.25, 0.3) is 0 Å². The van der Waals surface area contributed by atoms with Crippen LogP contribution in [0.3, 0.4) is 0 Å². The lowest BCUT2D eigenvalue weighted by molar-refractivity contribution is -0.0290. The summed E-state index contributed by atoms with van der Waals surface area (Å²) in [5, 5.41) is 3.68. The molecule has 2 aliphatic rings. The highest BCUT2D eigenvalue weighted by molar-refractivity contribution is 5.43. The van der Waals surface area contributed by atoms with Crippen molar-refractivity contribution in [3.05, 3.63) is 53.6 Å². The van der Waals surface area contributed by atoms with Crippen LogP contribution >= 0.6 is 0 Å². The molecule has 1 aliphatic carbocycles. The largest absolute Gasteiger partial charge is 0.497 e. The molecule has 0 radical (unpaired) electrons. The SMILES string of the molecule is COc1ccc2c(c1)[C@H](OC)C1(CCN[C@H](Cc3cncnc3)C1)C2. The minimum atomic E-state index is 0.134. The van der Waals surface area contributed by atoms with Crippen LogP contribution in [0.15, 0.2) is 36.9 Å². The molecule has 5 nitrogen and oxygen atoms in total. The van der Waals surface area contributed by atoms with Gasteiger partial charge in [-0.3, -0.25) is 0 Å². The van der Waals surface area contributed by atoms with E-state index < -0.39 is 0 Å². The molecule has 1 saturated heterocycles. The molecule has 1 N–H and O–H groups in total. The standard InChI is InChI=1S/C20H25N3O2/c1-24-17-4-3-15-9-20(19(25-2)18(15)8-17)5-6-23-16(10-20)7-14-11-21-13-22-12-14/h3-4,8,11-13,16,19,23H,5-7,9-10H2,1-2H3/t16-,19+,20?/m1/s1. The first-order valence-corrected chi connectivity index (χ1v) is 8.91. The van der Waals surface area contributed by atoms with Crippen molar-refractivity contribution in [3.8, 4) is 5.75 Å². The van der Waals surface area contributed by atoms with Crippen LogP contribution in [0.25, 0.3) is 0 Å². The Morgan fingerprint density at radius 3 is 2.84 bits per heavy atom. The zero-order chi connectivity index (χ0) is 17.3. The molecule has 3 atom stereocenters. The van der Waals surface area contributed by atoms with Gasteiger partial charge in [0.15, 0.2) is 0 Å². The van der Waals surface area contributed by atoms with E-state index >= 15 is 0 Å². The van der Waals surface area contributed by atoms with Gasteiger partial charge in [0.1, 0.15) is 12.1 Å². The molecule has 132 valence electrons. The van der Waals surface area contributed by atoms with E-state index in [1.54, 1.807) is 13.4 Å².